The first-order chi connectivity index (χ1) is 7.27. The molecule has 0 aromatic carbocycles. The van der Waals surface area contributed by atoms with Crippen molar-refractivity contribution in [3.05, 3.63) is 20.9 Å². The van der Waals surface area contributed by atoms with Crippen molar-refractivity contribution < 1.29 is 17.2 Å². The van der Waals surface area contributed by atoms with Crippen LogP contribution in [0.4, 0.5) is 8.78 Å². The smallest absolute Gasteiger partial charge is 0.233 e. The van der Waals surface area contributed by atoms with E-state index in [0.29, 0.717) is 0 Å². The molecular formula is C7H2ClF2IN2O2S. The monoisotopic (exact) mass is 378 g/mol. The van der Waals surface area contributed by atoms with Gasteiger partial charge in [0.1, 0.15) is 11.8 Å². The first kappa shape index (κ1) is 13.5. The van der Waals surface area contributed by atoms with Crippen molar-refractivity contribution in [1.29, 1.82) is 5.26 Å². The second-order valence-corrected chi connectivity index (χ2v) is 6.23. The first-order valence-corrected chi connectivity index (χ1v) is 6.99. The zero-order chi connectivity index (χ0) is 12.5. The molecule has 1 rings (SSSR count). The molecule has 0 fully saturated rings. The van der Waals surface area contributed by atoms with Crippen molar-refractivity contribution in [3.8, 4) is 6.07 Å². The number of halogens is 4. The summed E-state index contributed by atoms with van der Waals surface area (Å²) >= 11 is 1.57. The van der Waals surface area contributed by atoms with Crippen LogP contribution < -0.4 is 0 Å². The molecule has 1 heterocycles. The Morgan fingerprint density at radius 3 is 2.50 bits per heavy atom. The Kier molecular flexibility index (Phi) is 4.03. The van der Waals surface area contributed by atoms with E-state index in [9.17, 15) is 17.2 Å². The molecule has 86 valence electrons. The summed E-state index contributed by atoms with van der Waals surface area (Å²) in [6, 6.07) is 2.50. The number of nitrogens with zero attached hydrogens (tertiary/aromatic N) is 2. The number of nitriles is 1. The Hall–Kier alpha value is -0.530. The second kappa shape index (κ2) is 4.77. The third-order valence-corrected chi connectivity index (χ3v) is 3.58. The molecule has 1 aromatic heterocycles. The Balaban J connectivity index is 3.61. The fraction of sp³-hybridized carbons (Fsp3) is 0.143. The van der Waals surface area contributed by atoms with Crippen LogP contribution in [0.15, 0.2) is 11.1 Å². The predicted molar refractivity (Wildman–Crippen MR) is 59.7 cm³/mol. The molecule has 0 atom stereocenters. The molecule has 0 amide bonds. The van der Waals surface area contributed by atoms with E-state index in [1.165, 1.54) is 6.07 Å². The molecule has 0 aliphatic carbocycles. The van der Waals surface area contributed by atoms with Crippen LogP contribution >= 0.6 is 33.3 Å². The molecular weight excluding hydrogens is 377 g/mol. The Labute approximate surface area is 108 Å². The summed E-state index contributed by atoms with van der Waals surface area (Å²) in [6.45, 7) is 0. The van der Waals surface area contributed by atoms with Gasteiger partial charge < -0.3 is 0 Å². The highest BCUT2D eigenvalue weighted by Gasteiger charge is 2.23. The highest BCUT2D eigenvalue weighted by atomic mass is 127. The fourth-order valence-electron chi connectivity index (χ4n) is 0.903. The highest BCUT2D eigenvalue weighted by molar-refractivity contribution is 14.1. The van der Waals surface area contributed by atoms with E-state index >= 15 is 0 Å². The molecule has 1 aromatic rings. The van der Waals surface area contributed by atoms with Gasteiger partial charge in [0.15, 0.2) is 5.03 Å². The van der Waals surface area contributed by atoms with Crippen molar-refractivity contribution >= 4 is 42.3 Å². The lowest BCUT2D eigenvalue weighted by atomic mass is 10.2. The lowest BCUT2D eigenvalue weighted by Crippen LogP contribution is -2.04. The molecule has 4 nitrogen and oxygen atoms in total. The number of aromatic nitrogens is 1. The van der Waals surface area contributed by atoms with E-state index in [2.05, 4.69) is 4.98 Å². The van der Waals surface area contributed by atoms with Gasteiger partial charge >= 0.3 is 0 Å². The minimum atomic E-state index is -4.19. The zero-order valence-electron chi connectivity index (χ0n) is 7.29. The summed E-state index contributed by atoms with van der Waals surface area (Å²) in [6.07, 6.45) is -3.04. The predicted octanol–water partition coefficient (Wildman–Crippen LogP) is 2.42. The molecule has 0 unspecified atom stereocenters. The normalized spacial score (nSPS) is 11.5. The van der Waals surface area contributed by atoms with Gasteiger partial charge in [-0.25, -0.2) is 22.2 Å². The maximum atomic E-state index is 12.5. The van der Waals surface area contributed by atoms with Gasteiger partial charge in [-0.2, -0.15) is 5.26 Å². The van der Waals surface area contributed by atoms with Crippen LogP contribution in [0.5, 0.6) is 0 Å². The number of pyridine rings is 1. The van der Waals surface area contributed by atoms with Gasteiger partial charge in [0, 0.05) is 14.3 Å². The van der Waals surface area contributed by atoms with E-state index in [-0.39, 0.29) is 9.13 Å². The summed E-state index contributed by atoms with van der Waals surface area (Å²) < 4.78 is 46.9. The molecule has 0 aliphatic rings. The maximum Gasteiger partial charge on any atom is 0.281 e. The van der Waals surface area contributed by atoms with Gasteiger partial charge in [-0.1, -0.05) is 0 Å². The van der Waals surface area contributed by atoms with E-state index in [1.807, 2.05) is 0 Å². The second-order valence-electron chi connectivity index (χ2n) is 2.55. The third kappa shape index (κ3) is 2.78. The van der Waals surface area contributed by atoms with Gasteiger partial charge in [-0.05, 0) is 28.7 Å². The molecule has 0 saturated carbocycles. The Morgan fingerprint density at radius 2 is 2.12 bits per heavy atom. The number of hydrogen-bond donors (Lipinski definition) is 0. The average Bonchev–Trinajstić information content (AvgIpc) is 2.14. The highest BCUT2D eigenvalue weighted by Crippen LogP contribution is 2.27. The third-order valence-electron chi connectivity index (χ3n) is 1.54. The summed E-state index contributed by atoms with van der Waals surface area (Å²) in [5.74, 6) is 0. The van der Waals surface area contributed by atoms with E-state index in [1.54, 1.807) is 22.6 Å². The van der Waals surface area contributed by atoms with Crippen LogP contribution in [0, 0.1) is 14.9 Å². The van der Waals surface area contributed by atoms with Crippen LogP contribution in [0.3, 0.4) is 0 Å². The first-order valence-electron chi connectivity index (χ1n) is 3.60. The van der Waals surface area contributed by atoms with Gasteiger partial charge in [0.05, 0.1) is 5.56 Å². The van der Waals surface area contributed by atoms with Crippen molar-refractivity contribution in [2.75, 3.05) is 0 Å². The number of hydrogen-bond acceptors (Lipinski definition) is 4. The minimum absolute atomic E-state index is 0.0598. The lowest BCUT2D eigenvalue weighted by molar-refractivity contribution is 0.145. The maximum absolute atomic E-state index is 12.5. The molecule has 9 heteroatoms. The fourth-order valence-corrected chi connectivity index (χ4v) is 2.51. The summed E-state index contributed by atoms with van der Waals surface area (Å²) in [5.41, 5.74) is -1.23. The molecule has 0 radical (unpaired) electrons. The molecule has 16 heavy (non-hydrogen) atoms. The summed E-state index contributed by atoms with van der Waals surface area (Å²) in [7, 11) is 0.789. The van der Waals surface area contributed by atoms with Crippen LogP contribution in [0.25, 0.3) is 0 Å². The van der Waals surface area contributed by atoms with Crippen LogP contribution in [-0.2, 0) is 9.05 Å². The minimum Gasteiger partial charge on any atom is -0.233 e. The van der Waals surface area contributed by atoms with Gasteiger partial charge in [-0.15, -0.1) is 0 Å². The number of alkyl halides is 2. The Bertz CT molecular complexity index is 570. The van der Waals surface area contributed by atoms with Gasteiger partial charge in [0.25, 0.3) is 15.5 Å². The molecule has 0 bridgehead atoms. The molecule has 0 spiro atoms. The molecule has 0 aliphatic heterocycles. The average molecular weight is 379 g/mol. The van der Waals surface area contributed by atoms with Gasteiger partial charge in [-0.3, -0.25) is 0 Å². The largest absolute Gasteiger partial charge is 0.281 e. The van der Waals surface area contributed by atoms with Gasteiger partial charge in [0.2, 0.25) is 0 Å². The van der Waals surface area contributed by atoms with Crippen LogP contribution in [0.2, 0.25) is 0 Å². The topological polar surface area (TPSA) is 70.8 Å². The van der Waals surface area contributed by atoms with Crippen LogP contribution in [-0.4, -0.2) is 13.4 Å². The van der Waals surface area contributed by atoms with Crippen molar-refractivity contribution in [2.24, 2.45) is 0 Å². The summed E-state index contributed by atoms with van der Waals surface area (Å²) in [5, 5.41) is 7.94. The van der Waals surface area contributed by atoms with E-state index < -0.39 is 26.2 Å². The lowest BCUT2D eigenvalue weighted by Gasteiger charge is -2.05. The van der Waals surface area contributed by atoms with E-state index in [4.69, 9.17) is 15.9 Å². The number of rotatable bonds is 2. The molecule has 0 saturated heterocycles. The van der Waals surface area contributed by atoms with E-state index in [0.717, 1.165) is 6.07 Å². The zero-order valence-corrected chi connectivity index (χ0v) is 11.0. The Morgan fingerprint density at radius 1 is 1.56 bits per heavy atom. The van der Waals surface area contributed by atoms with Crippen LogP contribution in [0.1, 0.15) is 17.7 Å². The van der Waals surface area contributed by atoms with Crippen molar-refractivity contribution in [1.82, 2.24) is 4.98 Å². The van der Waals surface area contributed by atoms with Crippen molar-refractivity contribution in [3.63, 3.8) is 0 Å². The standard InChI is InChI=1S/C7H2ClF2IN2O2S/c8-16(14,15)5-1-4(11)3(2-12)6(13-5)7(9)10/h1,7H. The quantitative estimate of drug-likeness (QED) is 0.585. The van der Waals surface area contributed by atoms with Crippen molar-refractivity contribution in [2.45, 2.75) is 11.5 Å². The molecule has 0 N–H and O–H groups in total. The SMILES string of the molecule is N#Cc1c(I)cc(S(=O)(=O)Cl)nc1C(F)F. The summed E-state index contributed by atoms with van der Waals surface area (Å²) in [4.78, 5) is 3.18.